The Labute approximate surface area is 108 Å². The third-order valence-electron chi connectivity index (χ3n) is 2.59. The Morgan fingerprint density at radius 3 is 2.37 bits per heavy atom. The molecular formula is C12H14F3NO3. The summed E-state index contributed by atoms with van der Waals surface area (Å²) in [6, 6.07) is 3.72. The average Bonchev–Trinajstić information content (AvgIpc) is 2.20. The number of para-hydroxylation sites is 1. The molecular weight excluding hydrogens is 263 g/mol. The van der Waals surface area contributed by atoms with E-state index in [9.17, 15) is 18.0 Å². The van der Waals surface area contributed by atoms with Crippen molar-refractivity contribution in [2.45, 2.75) is 26.1 Å². The van der Waals surface area contributed by atoms with Gasteiger partial charge in [-0.1, -0.05) is 26.0 Å². The van der Waals surface area contributed by atoms with E-state index in [2.05, 4.69) is 4.74 Å². The maximum atomic E-state index is 12.2. The van der Waals surface area contributed by atoms with Gasteiger partial charge in [-0.2, -0.15) is 0 Å². The number of anilines is 1. The van der Waals surface area contributed by atoms with Gasteiger partial charge in [-0.05, 0) is 17.5 Å². The number of ether oxygens (including phenoxy) is 1. The highest BCUT2D eigenvalue weighted by molar-refractivity contribution is 5.80. The van der Waals surface area contributed by atoms with Crippen LogP contribution >= 0.6 is 0 Å². The standard InChI is InChI=1S/C12H14F3NO3/c1-6(2)9(11(17)18)7-4-3-5-8(10(7)16)19-12(13,14)15/h3-6,9H,16H2,1-2H3,(H,17,18). The lowest BCUT2D eigenvalue weighted by atomic mass is 9.87. The van der Waals surface area contributed by atoms with Crippen LogP contribution in [0.3, 0.4) is 0 Å². The van der Waals surface area contributed by atoms with Crippen LogP contribution in [0.15, 0.2) is 18.2 Å². The van der Waals surface area contributed by atoms with Crippen LogP contribution in [0.5, 0.6) is 5.75 Å². The van der Waals surface area contributed by atoms with Crippen molar-refractivity contribution in [3.8, 4) is 5.75 Å². The predicted octanol–water partition coefficient (Wildman–Crippen LogP) is 2.99. The van der Waals surface area contributed by atoms with Crippen molar-refractivity contribution >= 4 is 11.7 Å². The van der Waals surface area contributed by atoms with Gasteiger partial charge in [0.05, 0.1) is 11.6 Å². The molecule has 19 heavy (non-hydrogen) atoms. The fourth-order valence-corrected chi connectivity index (χ4v) is 1.82. The summed E-state index contributed by atoms with van der Waals surface area (Å²) < 4.78 is 40.3. The van der Waals surface area contributed by atoms with Gasteiger partial charge in [-0.15, -0.1) is 13.2 Å². The van der Waals surface area contributed by atoms with Gasteiger partial charge < -0.3 is 15.6 Å². The van der Waals surface area contributed by atoms with Crippen molar-refractivity contribution in [1.82, 2.24) is 0 Å². The summed E-state index contributed by atoms with van der Waals surface area (Å²) in [4.78, 5) is 11.2. The average molecular weight is 277 g/mol. The molecule has 0 fully saturated rings. The van der Waals surface area contributed by atoms with Crippen molar-refractivity contribution < 1.29 is 27.8 Å². The van der Waals surface area contributed by atoms with Gasteiger partial charge in [0.25, 0.3) is 0 Å². The predicted molar refractivity (Wildman–Crippen MR) is 62.8 cm³/mol. The fraction of sp³-hybridized carbons (Fsp3) is 0.417. The Morgan fingerprint density at radius 1 is 1.37 bits per heavy atom. The molecule has 0 spiro atoms. The van der Waals surface area contributed by atoms with Crippen LogP contribution in [0.2, 0.25) is 0 Å². The molecule has 1 atom stereocenters. The van der Waals surface area contributed by atoms with Crippen molar-refractivity contribution in [3.63, 3.8) is 0 Å². The summed E-state index contributed by atoms with van der Waals surface area (Å²) in [5, 5.41) is 9.13. The van der Waals surface area contributed by atoms with Crippen LogP contribution in [-0.2, 0) is 4.79 Å². The number of hydrogen-bond acceptors (Lipinski definition) is 3. The summed E-state index contributed by atoms with van der Waals surface area (Å²) in [5.41, 5.74) is 5.39. The Kier molecular flexibility index (Phi) is 4.28. The number of benzene rings is 1. The highest BCUT2D eigenvalue weighted by Gasteiger charge is 2.33. The molecule has 106 valence electrons. The monoisotopic (exact) mass is 277 g/mol. The van der Waals surface area contributed by atoms with E-state index in [-0.39, 0.29) is 17.2 Å². The number of nitrogens with two attached hydrogens (primary N) is 1. The number of alkyl halides is 3. The first kappa shape index (κ1) is 15.1. The molecule has 0 bridgehead atoms. The number of nitrogen functional groups attached to an aromatic ring is 1. The molecule has 1 aromatic rings. The molecule has 4 nitrogen and oxygen atoms in total. The lowest BCUT2D eigenvalue weighted by Gasteiger charge is -2.20. The zero-order valence-corrected chi connectivity index (χ0v) is 10.4. The third-order valence-corrected chi connectivity index (χ3v) is 2.59. The molecule has 0 aliphatic rings. The smallest absolute Gasteiger partial charge is 0.481 e. The van der Waals surface area contributed by atoms with E-state index in [1.165, 1.54) is 12.1 Å². The molecule has 0 radical (unpaired) electrons. The molecule has 0 aromatic heterocycles. The number of carbonyl (C=O) groups is 1. The van der Waals surface area contributed by atoms with E-state index in [4.69, 9.17) is 10.8 Å². The van der Waals surface area contributed by atoms with E-state index in [0.717, 1.165) is 6.07 Å². The summed E-state index contributed by atoms with van der Waals surface area (Å²) in [7, 11) is 0. The highest BCUT2D eigenvalue weighted by atomic mass is 19.4. The van der Waals surface area contributed by atoms with Crippen molar-refractivity contribution in [3.05, 3.63) is 23.8 Å². The largest absolute Gasteiger partial charge is 0.573 e. The second-order valence-electron chi connectivity index (χ2n) is 4.37. The van der Waals surface area contributed by atoms with Crippen molar-refractivity contribution in [1.29, 1.82) is 0 Å². The van der Waals surface area contributed by atoms with Gasteiger partial charge in [-0.3, -0.25) is 4.79 Å². The Bertz CT molecular complexity index is 472. The summed E-state index contributed by atoms with van der Waals surface area (Å²) in [5.74, 6) is -3.04. The fourth-order valence-electron chi connectivity index (χ4n) is 1.82. The summed E-state index contributed by atoms with van der Waals surface area (Å²) in [6.45, 7) is 3.30. The lowest BCUT2D eigenvalue weighted by Crippen LogP contribution is -2.21. The van der Waals surface area contributed by atoms with Gasteiger partial charge in [-0.25, -0.2) is 0 Å². The zero-order valence-electron chi connectivity index (χ0n) is 10.4. The maximum absolute atomic E-state index is 12.2. The Hall–Kier alpha value is -1.92. The first-order valence-corrected chi connectivity index (χ1v) is 5.50. The number of halogens is 3. The second kappa shape index (κ2) is 5.38. The molecule has 3 N–H and O–H groups in total. The van der Waals surface area contributed by atoms with Gasteiger partial charge in [0.1, 0.15) is 0 Å². The molecule has 1 unspecified atom stereocenters. The van der Waals surface area contributed by atoms with Gasteiger partial charge in [0, 0.05) is 0 Å². The first-order chi connectivity index (χ1) is 8.63. The van der Waals surface area contributed by atoms with Crippen molar-refractivity contribution in [2.24, 2.45) is 5.92 Å². The second-order valence-corrected chi connectivity index (χ2v) is 4.37. The van der Waals surface area contributed by atoms with Gasteiger partial charge in [0.15, 0.2) is 5.75 Å². The minimum atomic E-state index is -4.87. The van der Waals surface area contributed by atoms with E-state index in [1.807, 2.05) is 0 Å². The van der Waals surface area contributed by atoms with E-state index < -0.39 is 24.0 Å². The summed E-state index contributed by atoms with van der Waals surface area (Å²) in [6.07, 6.45) is -4.87. The van der Waals surface area contributed by atoms with Gasteiger partial charge in [0.2, 0.25) is 0 Å². The zero-order chi connectivity index (χ0) is 14.8. The quantitative estimate of drug-likeness (QED) is 0.830. The van der Waals surface area contributed by atoms with Crippen LogP contribution in [0.1, 0.15) is 25.3 Å². The highest BCUT2D eigenvalue weighted by Crippen LogP contribution is 2.36. The molecule has 0 aliphatic carbocycles. The number of hydrogen-bond donors (Lipinski definition) is 2. The Balaban J connectivity index is 3.23. The molecule has 0 saturated heterocycles. The van der Waals surface area contributed by atoms with Crippen LogP contribution < -0.4 is 10.5 Å². The number of carboxylic acids is 1. The van der Waals surface area contributed by atoms with Crippen LogP contribution in [0.4, 0.5) is 18.9 Å². The van der Waals surface area contributed by atoms with Crippen LogP contribution in [-0.4, -0.2) is 17.4 Å². The molecule has 1 rings (SSSR count). The lowest BCUT2D eigenvalue weighted by molar-refractivity contribution is -0.274. The first-order valence-electron chi connectivity index (χ1n) is 5.50. The SMILES string of the molecule is CC(C)C(C(=O)O)c1cccc(OC(F)(F)F)c1N. The van der Waals surface area contributed by atoms with Gasteiger partial charge >= 0.3 is 12.3 Å². The molecule has 0 heterocycles. The molecule has 0 aliphatic heterocycles. The van der Waals surface area contributed by atoms with E-state index in [0.29, 0.717) is 0 Å². The summed E-state index contributed by atoms with van der Waals surface area (Å²) >= 11 is 0. The normalized spacial score (nSPS) is 13.4. The minimum absolute atomic E-state index is 0.115. The minimum Gasteiger partial charge on any atom is -0.481 e. The number of aliphatic carboxylic acids is 1. The topological polar surface area (TPSA) is 72.5 Å². The third kappa shape index (κ3) is 3.77. The number of carboxylic acid groups (broad SMARTS) is 1. The maximum Gasteiger partial charge on any atom is 0.573 e. The van der Waals surface area contributed by atoms with Crippen LogP contribution in [0, 0.1) is 5.92 Å². The van der Waals surface area contributed by atoms with Crippen molar-refractivity contribution in [2.75, 3.05) is 5.73 Å². The molecule has 0 saturated carbocycles. The van der Waals surface area contributed by atoms with E-state index >= 15 is 0 Å². The Morgan fingerprint density at radius 2 is 1.95 bits per heavy atom. The molecule has 7 heteroatoms. The number of rotatable bonds is 4. The molecule has 0 amide bonds. The molecule has 1 aromatic carbocycles. The van der Waals surface area contributed by atoms with Crippen LogP contribution in [0.25, 0.3) is 0 Å². The van der Waals surface area contributed by atoms with E-state index in [1.54, 1.807) is 13.8 Å².